The number of aryl methyl sites for hydroxylation is 1. The molecule has 0 saturated carbocycles. The van der Waals surface area contributed by atoms with E-state index in [0.717, 1.165) is 27.5 Å². The number of aromatic nitrogens is 4. The van der Waals surface area contributed by atoms with Crippen molar-refractivity contribution >= 4 is 21.8 Å². The Morgan fingerprint density at radius 3 is 2.91 bits per heavy atom. The summed E-state index contributed by atoms with van der Waals surface area (Å²) in [6.45, 7) is 0.272. The Kier molecular flexibility index (Phi) is 2.99. The van der Waals surface area contributed by atoms with Crippen molar-refractivity contribution in [1.82, 2.24) is 19.7 Å². The van der Waals surface area contributed by atoms with Crippen molar-refractivity contribution in [2.24, 2.45) is 12.8 Å². The van der Waals surface area contributed by atoms with Crippen LogP contribution in [0.15, 0.2) is 47.5 Å². The van der Waals surface area contributed by atoms with Crippen LogP contribution >= 0.6 is 0 Å². The third-order valence-corrected chi connectivity index (χ3v) is 4.11. The molecule has 4 aromatic rings. The molecule has 0 aliphatic heterocycles. The van der Waals surface area contributed by atoms with Gasteiger partial charge in [0.1, 0.15) is 5.65 Å². The molecule has 0 aliphatic carbocycles. The lowest BCUT2D eigenvalue weighted by atomic mass is 10.0. The Morgan fingerprint density at radius 1 is 1.22 bits per heavy atom. The minimum atomic E-state index is -0.205. The molecule has 0 saturated heterocycles. The third-order valence-electron chi connectivity index (χ3n) is 4.11. The smallest absolute Gasteiger partial charge is 0.272 e. The van der Waals surface area contributed by atoms with Gasteiger partial charge < -0.3 is 10.3 Å². The molecule has 0 aliphatic rings. The number of nitrogens with zero attached hydrogens (tertiary/aromatic N) is 3. The number of pyridine rings is 1. The first-order chi connectivity index (χ1) is 11.2. The van der Waals surface area contributed by atoms with Gasteiger partial charge in [-0.15, -0.1) is 0 Å². The van der Waals surface area contributed by atoms with Gasteiger partial charge in [-0.1, -0.05) is 6.07 Å². The molecule has 6 heteroatoms. The lowest BCUT2D eigenvalue weighted by Crippen LogP contribution is -2.13. The van der Waals surface area contributed by atoms with Gasteiger partial charge in [-0.25, -0.2) is 10.1 Å². The van der Waals surface area contributed by atoms with Crippen molar-refractivity contribution in [2.45, 2.75) is 6.54 Å². The second-order valence-electron chi connectivity index (χ2n) is 5.49. The van der Waals surface area contributed by atoms with Crippen LogP contribution in [-0.4, -0.2) is 19.7 Å². The lowest BCUT2D eigenvalue weighted by Gasteiger charge is -2.05. The fraction of sp³-hybridized carbons (Fsp3) is 0.118. The molecule has 0 unspecified atom stereocenters. The standard InChI is InChI=1S/C17H15N5O/c1-22-9-14(11-3-2-6-19-16(11)22)10-4-5-12-13(7-10)15(8-18)20-21-17(12)23/h2-7,9H,8,18H2,1H3,(H,21,23). The number of hydrogen-bond acceptors (Lipinski definition) is 4. The number of aromatic amines is 1. The number of rotatable bonds is 2. The van der Waals surface area contributed by atoms with E-state index in [1.807, 2.05) is 48.1 Å². The van der Waals surface area contributed by atoms with Crippen molar-refractivity contribution < 1.29 is 0 Å². The normalized spacial score (nSPS) is 11.4. The van der Waals surface area contributed by atoms with Crippen LogP contribution in [0.2, 0.25) is 0 Å². The lowest BCUT2D eigenvalue weighted by molar-refractivity contribution is 0.900. The summed E-state index contributed by atoms with van der Waals surface area (Å²) in [5.74, 6) is 0. The van der Waals surface area contributed by atoms with Gasteiger partial charge in [-0.05, 0) is 29.8 Å². The summed E-state index contributed by atoms with van der Waals surface area (Å²) in [7, 11) is 1.97. The van der Waals surface area contributed by atoms with E-state index in [9.17, 15) is 4.79 Å². The Balaban J connectivity index is 2.04. The van der Waals surface area contributed by atoms with E-state index in [2.05, 4.69) is 15.2 Å². The number of H-pyrrole nitrogens is 1. The Bertz CT molecular complexity index is 1090. The van der Waals surface area contributed by atoms with Gasteiger partial charge in [0.15, 0.2) is 0 Å². The Hall–Kier alpha value is -2.99. The molecule has 0 amide bonds. The topological polar surface area (TPSA) is 89.6 Å². The number of fused-ring (bicyclic) bond motifs is 2. The molecule has 3 aromatic heterocycles. The zero-order valence-corrected chi connectivity index (χ0v) is 12.6. The maximum atomic E-state index is 11.9. The van der Waals surface area contributed by atoms with E-state index in [1.54, 1.807) is 6.20 Å². The van der Waals surface area contributed by atoms with Crippen LogP contribution in [0.1, 0.15) is 5.69 Å². The van der Waals surface area contributed by atoms with Crippen molar-refractivity contribution in [1.29, 1.82) is 0 Å². The zero-order chi connectivity index (χ0) is 16.0. The molecule has 6 nitrogen and oxygen atoms in total. The largest absolute Gasteiger partial charge is 0.335 e. The maximum Gasteiger partial charge on any atom is 0.272 e. The highest BCUT2D eigenvalue weighted by Gasteiger charge is 2.12. The van der Waals surface area contributed by atoms with Gasteiger partial charge in [0.05, 0.1) is 11.1 Å². The van der Waals surface area contributed by atoms with Crippen LogP contribution in [0.5, 0.6) is 0 Å². The third kappa shape index (κ3) is 2.03. The van der Waals surface area contributed by atoms with Crippen LogP contribution in [0.4, 0.5) is 0 Å². The predicted molar refractivity (Wildman–Crippen MR) is 90.0 cm³/mol. The number of benzene rings is 1. The molecule has 4 rings (SSSR count). The Morgan fingerprint density at radius 2 is 2.09 bits per heavy atom. The van der Waals surface area contributed by atoms with Crippen LogP contribution in [-0.2, 0) is 13.6 Å². The summed E-state index contributed by atoms with van der Waals surface area (Å²) in [6.07, 6.45) is 3.82. The number of nitrogens with one attached hydrogen (secondary N) is 1. The highest BCUT2D eigenvalue weighted by atomic mass is 16.1. The summed E-state index contributed by atoms with van der Waals surface area (Å²) in [5.41, 5.74) is 9.23. The molecule has 3 heterocycles. The summed E-state index contributed by atoms with van der Waals surface area (Å²) < 4.78 is 1.99. The second-order valence-corrected chi connectivity index (χ2v) is 5.49. The van der Waals surface area contributed by atoms with Gasteiger partial charge in [0.25, 0.3) is 5.56 Å². The van der Waals surface area contributed by atoms with Gasteiger partial charge in [0.2, 0.25) is 0 Å². The van der Waals surface area contributed by atoms with E-state index < -0.39 is 0 Å². The van der Waals surface area contributed by atoms with Crippen LogP contribution in [0.25, 0.3) is 32.9 Å². The first kappa shape index (κ1) is 13.7. The predicted octanol–water partition coefficient (Wildman–Crippen LogP) is 1.94. The van der Waals surface area contributed by atoms with Crippen molar-refractivity contribution in [2.75, 3.05) is 0 Å². The summed E-state index contributed by atoms with van der Waals surface area (Å²) >= 11 is 0. The number of hydrogen-bond donors (Lipinski definition) is 2. The highest BCUT2D eigenvalue weighted by Crippen LogP contribution is 2.31. The number of nitrogens with two attached hydrogens (primary N) is 1. The Labute approximate surface area is 131 Å². The fourth-order valence-electron chi connectivity index (χ4n) is 2.99. The van der Waals surface area contributed by atoms with E-state index >= 15 is 0 Å². The molecule has 3 N–H and O–H groups in total. The molecule has 1 aromatic carbocycles. The maximum absolute atomic E-state index is 11.9. The van der Waals surface area contributed by atoms with Crippen molar-refractivity contribution in [3.05, 3.63) is 58.8 Å². The summed E-state index contributed by atoms with van der Waals surface area (Å²) in [4.78, 5) is 16.4. The summed E-state index contributed by atoms with van der Waals surface area (Å²) in [5, 5.41) is 8.99. The molecular weight excluding hydrogens is 290 g/mol. The average Bonchev–Trinajstić information content (AvgIpc) is 2.92. The SMILES string of the molecule is Cn1cc(-c2ccc3c(=O)[nH]nc(CN)c3c2)c2cccnc21. The quantitative estimate of drug-likeness (QED) is 0.592. The molecular formula is C17H15N5O. The molecule has 0 bridgehead atoms. The monoisotopic (exact) mass is 305 g/mol. The first-order valence-corrected chi connectivity index (χ1v) is 7.31. The van der Waals surface area contributed by atoms with Crippen LogP contribution in [0, 0.1) is 0 Å². The minimum absolute atomic E-state index is 0.205. The van der Waals surface area contributed by atoms with Gasteiger partial charge in [-0.2, -0.15) is 5.10 Å². The van der Waals surface area contributed by atoms with Crippen LogP contribution in [0.3, 0.4) is 0 Å². The highest BCUT2D eigenvalue weighted by molar-refractivity contribution is 5.97. The molecule has 23 heavy (non-hydrogen) atoms. The van der Waals surface area contributed by atoms with E-state index in [0.29, 0.717) is 11.1 Å². The molecule has 0 fully saturated rings. The molecule has 0 spiro atoms. The molecule has 0 atom stereocenters. The van der Waals surface area contributed by atoms with E-state index in [1.165, 1.54) is 0 Å². The van der Waals surface area contributed by atoms with Gasteiger partial charge in [-0.3, -0.25) is 4.79 Å². The zero-order valence-electron chi connectivity index (χ0n) is 12.6. The van der Waals surface area contributed by atoms with Gasteiger partial charge >= 0.3 is 0 Å². The van der Waals surface area contributed by atoms with E-state index in [-0.39, 0.29) is 12.1 Å². The van der Waals surface area contributed by atoms with Crippen molar-refractivity contribution in [3.8, 4) is 11.1 Å². The first-order valence-electron chi connectivity index (χ1n) is 7.31. The average molecular weight is 305 g/mol. The minimum Gasteiger partial charge on any atom is -0.335 e. The van der Waals surface area contributed by atoms with E-state index in [4.69, 9.17) is 5.73 Å². The second kappa shape index (κ2) is 5.03. The summed E-state index contributed by atoms with van der Waals surface area (Å²) in [6, 6.07) is 9.70. The fourth-order valence-corrected chi connectivity index (χ4v) is 2.99. The van der Waals surface area contributed by atoms with Crippen molar-refractivity contribution in [3.63, 3.8) is 0 Å². The molecule has 0 radical (unpaired) electrons. The molecule has 114 valence electrons. The van der Waals surface area contributed by atoms with Gasteiger partial charge in [0, 0.05) is 42.3 Å². The van der Waals surface area contributed by atoms with Crippen LogP contribution < -0.4 is 11.3 Å².